The Bertz CT molecular complexity index is 245. The summed E-state index contributed by atoms with van der Waals surface area (Å²) in [6.07, 6.45) is 18.5. The molecule has 0 spiro atoms. The van der Waals surface area contributed by atoms with Crippen molar-refractivity contribution in [3.63, 3.8) is 0 Å². The molecule has 0 N–H and O–H groups in total. The van der Waals surface area contributed by atoms with E-state index in [1.54, 1.807) is 12.4 Å². The van der Waals surface area contributed by atoms with E-state index < -0.39 is 0 Å². The first-order valence-corrected chi connectivity index (χ1v) is 8.01. The predicted molar refractivity (Wildman–Crippen MR) is 86.7 cm³/mol. The molecule has 108 valence electrons. The van der Waals surface area contributed by atoms with Crippen LogP contribution in [0.1, 0.15) is 58.3 Å². The number of alkyl halides is 1. The number of unbranched alkanes of at least 4 members (excludes halogenated alkanes) is 6. The van der Waals surface area contributed by atoms with E-state index in [9.17, 15) is 0 Å². The van der Waals surface area contributed by atoms with E-state index in [4.69, 9.17) is 11.6 Å². The van der Waals surface area contributed by atoms with Crippen LogP contribution in [-0.2, 0) is 0 Å². The van der Waals surface area contributed by atoms with Crippen molar-refractivity contribution in [3.05, 3.63) is 42.7 Å². The second kappa shape index (κ2) is 17.2. The van der Waals surface area contributed by atoms with Gasteiger partial charge in [-0.2, -0.15) is 0 Å². The van der Waals surface area contributed by atoms with Gasteiger partial charge >= 0.3 is 0 Å². The molecular weight excluding hydrogens is 254 g/mol. The van der Waals surface area contributed by atoms with Gasteiger partial charge in [0.15, 0.2) is 0 Å². The number of pyridine rings is 1. The molecule has 0 atom stereocenters. The van der Waals surface area contributed by atoms with Gasteiger partial charge in [-0.3, -0.25) is 4.98 Å². The summed E-state index contributed by atoms with van der Waals surface area (Å²) in [5.41, 5.74) is 0. The molecule has 0 aliphatic heterocycles. The zero-order chi connectivity index (χ0) is 14.0. The topological polar surface area (TPSA) is 12.9 Å². The van der Waals surface area contributed by atoms with Gasteiger partial charge in [0.1, 0.15) is 0 Å². The molecule has 0 aromatic carbocycles. The molecule has 0 radical (unpaired) electrons. The Hall–Kier alpha value is -0.820. The third kappa shape index (κ3) is 17.2. The van der Waals surface area contributed by atoms with Gasteiger partial charge in [0.25, 0.3) is 0 Å². The van der Waals surface area contributed by atoms with Crippen molar-refractivity contribution in [1.82, 2.24) is 4.98 Å². The fourth-order valence-corrected chi connectivity index (χ4v) is 1.78. The van der Waals surface area contributed by atoms with Gasteiger partial charge in [-0.25, -0.2) is 0 Å². The Balaban J connectivity index is 0.000000443. The summed E-state index contributed by atoms with van der Waals surface area (Å²) < 4.78 is 0. The number of rotatable bonds is 9. The second-order valence-electron chi connectivity index (χ2n) is 4.53. The highest BCUT2D eigenvalue weighted by Crippen LogP contribution is 2.04. The Labute approximate surface area is 124 Å². The Morgan fingerprint density at radius 3 is 1.89 bits per heavy atom. The van der Waals surface area contributed by atoms with Crippen LogP contribution in [-0.4, -0.2) is 10.9 Å². The lowest BCUT2D eigenvalue weighted by Crippen LogP contribution is -1.76. The fraction of sp³-hybridized carbons (Fsp3) is 0.588. The number of allylic oxidation sites excluding steroid dienone is 2. The van der Waals surface area contributed by atoms with Crippen LogP contribution < -0.4 is 0 Å². The minimum absolute atomic E-state index is 0.820. The number of aromatic nitrogens is 1. The third-order valence-corrected chi connectivity index (χ3v) is 2.98. The average molecular weight is 282 g/mol. The second-order valence-corrected chi connectivity index (χ2v) is 4.91. The molecule has 1 heterocycles. The van der Waals surface area contributed by atoms with E-state index in [0.29, 0.717) is 0 Å². The maximum atomic E-state index is 5.58. The summed E-state index contributed by atoms with van der Waals surface area (Å²) >= 11 is 5.58. The largest absolute Gasteiger partial charge is 0.265 e. The maximum Gasteiger partial charge on any atom is 0.0267 e. The SMILES string of the molecule is CCCCC/C=C/CCCCCCl.c1ccncc1. The molecule has 1 nitrogen and oxygen atoms in total. The molecule has 0 aliphatic carbocycles. The van der Waals surface area contributed by atoms with Crippen LogP contribution in [0.25, 0.3) is 0 Å². The average Bonchev–Trinajstić information content (AvgIpc) is 2.48. The molecule has 1 aromatic heterocycles. The van der Waals surface area contributed by atoms with Gasteiger partial charge in [-0.1, -0.05) is 44.4 Å². The van der Waals surface area contributed by atoms with Crippen molar-refractivity contribution >= 4 is 11.6 Å². The van der Waals surface area contributed by atoms with E-state index in [2.05, 4.69) is 24.1 Å². The number of nitrogens with zero attached hydrogens (tertiary/aromatic N) is 1. The number of hydrogen-bond acceptors (Lipinski definition) is 1. The standard InChI is InChI=1S/C12H23Cl.C5H5N/c1-2-3-4-5-6-7-8-9-10-11-12-13;1-2-4-6-5-3-1/h6-7H,2-5,8-12H2,1H3;1-5H/b7-6+;. The van der Waals surface area contributed by atoms with Crippen molar-refractivity contribution in [2.24, 2.45) is 0 Å². The molecule has 0 saturated carbocycles. The third-order valence-electron chi connectivity index (χ3n) is 2.71. The zero-order valence-corrected chi connectivity index (χ0v) is 13.0. The molecule has 1 rings (SSSR count). The first kappa shape index (κ1) is 18.2. The van der Waals surface area contributed by atoms with E-state index in [0.717, 1.165) is 5.88 Å². The molecule has 0 aliphatic rings. The van der Waals surface area contributed by atoms with Crippen LogP contribution in [0.15, 0.2) is 42.7 Å². The molecule has 0 saturated heterocycles. The summed E-state index contributed by atoms with van der Waals surface area (Å²) in [6.45, 7) is 2.25. The predicted octanol–water partition coefficient (Wildman–Crippen LogP) is 6.00. The summed E-state index contributed by atoms with van der Waals surface area (Å²) in [7, 11) is 0. The Morgan fingerprint density at radius 1 is 0.842 bits per heavy atom. The van der Waals surface area contributed by atoms with Crippen molar-refractivity contribution in [2.75, 3.05) is 5.88 Å². The zero-order valence-electron chi connectivity index (χ0n) is 12.2. The van der Waals surface area contributed by atoms with Crippen molar-refractivity contribution in [2.45, 2.75) is 58.3 Å². The van der Waals surface area contributed by atoms with Crippen molar-refractivity contribution in [1.29, 1.82) is 0 Å². The summed E-state index contributed by atoms with van der Waals surface area (Å²) in [5.74, 6) is 0.820. The Kier molecular flexibility index (Phi) is 16.4. The van der Waals surface area contributed by atoms with Crippen LogP contribution in [0, 0.1) is 0 Å². The lowest BCUT2D eigenvalue weighted by molar-refractivity contribution is 0.717. The minimum atomic E-state index is 0.820. The summed E-state index contributed by atoms with van der Waals surface area (Å²) in [4.78, 5) is 3.78. The summed E-state index contributed by atoms with van der Waals surface area (Å²) in [5, 5.41) is 0. The molecule has 2 heteroatoms. The summed E-state index contributed by atoms with van der Waals surface area (Å²) in [6, 6.07) is 5.72. The molecule has 0 amide bonds. The minimum Gasteiger partial charge on any atom is -0.265 e. The van der Waals surface area contributed by atoms with Gasteiger partial charge in [0, 0.05) is 18.3 Å². The highest BCUT2D eigenvalue weighted by molar-refractivity contribution is 6.17. The van der Waals surface area contributed by atoms with Crippen LogP contribution in [0.5, 0.6) is 0 Å². The van der Waals surface area contributed by atoms with Crippen LogP contribution in [0.4, 0.5) is 0 Å². The fourth-order valence-electron chi connectivity index (χ4n) is 1.59. The van der Waals surface area contributed by atoms with E-state index >= 15 is 0 Å². The number of halogens is 1. The van der Waals surface area contributed by atoms with Crippen LogP contribution >= 0.6 is 11.6 Å². The molecule has 19 heavy (non-hydrogen) atoms. The molecule has 0 bridgehead atoms. The quantitative estimate of drug-likeness (QED) is 0.307. The monoisotopic (exact) mass is 281 g/mol. The highest BCUT2D eigenvalue weighted by Gasteiger charge is 1.85. The molecule has 1 aromatic rings. The highest BCUT2D eigenvalue weighted by atomic mass is 35.5. The van der Waals surface area contributed by atoms with Gasteiger partial charge in [-0.15, -0.1) is 11.6 Å². The first-order chi connectivity index (χ1) is 9.41. The first-order valence-electron chi connectivity index (χ1n) is 7.47. The molecule has 0 fully saturated rings. The van der Waals surface area contributed by atoms with Gasteiger partial charge in [0.05, 0.1) is 0 Å². The van der Waals surface area contributed by atoms with Gasteiger partial charge < -0.3 is 0 Å². The Morgan fingerprint density at radius 2 is 1.47 bits per heavy atom. The van der Waals surface area contributed by atoms with Crippen LogP contribution in [0.2, 0.25) is 0 Å². The van der Waals surface area contributed by atoms with E-state index in [1.807, 2.05) is 18.2 Å². The van der Waals surface area contributed by atoms with Crippen molar-refractivity contribution < 1.29 is 0 Å². The lowest BCUT2D eigenvalue weighted by Gasteiger charge is -1.94. The van der Waals surface area contributed by atoms with E-state index in [-0.39, 0.29) is 0 Å². The van der Waals surface area contributed by atoms with Crippen LogP contribution in [0.3, 0.4) is 0 Å². The normalized spacial score (nSPS) is 10.2. The number of hydrogen-bond donors (Lipinski definition) is 0. The molecular formula is C17H28ClN. The lowest BCUT2D eigenvalue weighted by atomic mass is 10.1. The maximum absolute atomic E-state index is 5.58. The molecule has 0 unspecified atom stereocenters. The van der Waals surface area contributed by atoms with Gasteiger partial charge in [-0.05, 0) is 44.2 Å². The van der Waals surface area contributed by atoms with Gasteiger partial charge in [0.2, 0.25) is 0 Å². The van der Waals surface area contributed by atoms with E-state index in [1.165, 1.54) is 51.4 Å². The smallest absolute Gasteiger partial charge is 0.0267 e. The van der Waals surface area contributed by atoms with Crippen molar-refractivity contribution in [3.8, 4) is 0 Å².